The highest BCUT2D eigenvalue weighted by atomic mass is 32.2. The summed E-state index contributed by atoms with van der Waals surface area (Å²) in [6.07, 6.45) is 0. The van der Waals surface area contributed by atoms with Gasteiger partial charge in [0, 0.05) is 17.3 Å². The molecule has 4 nitrogen and oxygen atoms in total. The van der Waals surface area contributed by atoms with Gasteiger partial charge in [0.15, 0.2) is 0 Å². The van der Waals surface area contributed by atoms with E-state index < -0.39 is 15.3 Å². The second-order valence-electron chi connectivity index (χ2n) is 3.54. The summed E-state index contributed by atoms with van der Waals surface area (Å²) in [5, 5.41) is -0.462. The van der Waals surface area contributed by atoms with Gasteiger partial charge in [-0.1, -0.05) is 0 Å². The summed E-state index contributed by atoms with van der Waals surface area (Å²) in [6, 6.07) is 9.00. The van der Waals surface area contributed by atoms with E-state index in [-0.39, 0.29) is 0 Å². The van der Waals surface area contributed by atoms with Gasteiger partial charge in [0.05, 0.1) is 5.25 Å². The Kier molecular flexibility index (Phi) is 3.80. The zero-order chi connectivity index (χ0) is 12.2. The highest BCUT2D eigenvalue weighted by Gasteiger charge is 2.14. The van der Waals surface area contributed by atoms with Crippen LogP contribution in [0, 0.1) is 12.0 Å². The van der Waals surface area contributed by atoms with Crippen molar-refractivity contribution in [1.29, 1.82) is 0 Å². The lowest BCUT2D eigenvalue weighted by molar-refractivity contribution is 0.593. The van der Waals surface area contributed by atoms with E-state index in [0.29, 0.717) is 5.69 Å². The molecule has 86 valence electrons. The second kappa shape index (κ2) is 4.90. The largest absolute Gasteiger partial charge is 0.359 e. The lowest BCUT2D eigenvalue weighted by Crippen LogP contribution is -2.22. The number of anilines is 1. The molecule has 0 aliphatic carbocycles. The van der Waals surface area contributed by atoms with Crippen molar-refractivity contribution in [1.82, 2.24) is 0 Å². The van der Waals surface area contributed by atoms with Crippen LogP contribution in [-0.2, 0) is 10.0 Å². The quantitative estimate of drug-likeness (QED) is 0.612. The summed E-state index contributed by atoms with van der Waals surface area (Å²) in [6.45, 7) is 3.24. The molecule has 0 saturated heterocycles. The van der Waals surface area contributed by atoms with E-state index >= 15 is 0 Å². The molecular formula is C11H14N2O2S. The van der Waals surface area contributed by atoms with Crippen LogP contribution in [-0.4, -0.2) is 13.7 Å². The third kappa shape index (κ3) is 3.17. The molecule has 3 N–H and O–H groups in total. The maximum atomic E-state index is 11.6. The summed E-state index contributed by atoms with van der Waals surface area (Å²) in [4.78, 5) is 0. The van der Waals surface area contributed by atoms with E-state index in [9.17, 15) is 8.42 Å². The molecule has 0 bridgehead atoms. The number of nitrogens with two attached hydrogens (primary N) is 1. The van der Waals surface area contributed by atoms with Crippen molar-refractivity contribution in [2.75, 3.05) is 4.72 Å². The lowest BCUT2D eigenvalue weighted by Gasteiger charge is -2.10. The molecule has 0 aliphatic rings. The fourth-order valence-electron chi connectivity index (χ4n) is 0.987. The Balaban J connectivity index is 2.87. The van der Waals surface area contributed by atoms with E-state index in [4.69, 9.17) is 5.73 Å². The number of hydrogen-bond donors (Lipinski definition) is 2. The first-order valence-electron chi connectivity index (χ1n) is 4.79. The molecule has 0 aromatic heterocycles. The number of rotatable bonds is 3. The van der Waals surface area contributed by atoms with Gasteiger partial charge in [-0.05, 0) is 44.0 Å². The predicted molar refractivity (Wildman–Crippen MR) is 65.2 cm³/mol. The third-order valence-corrected chi connectivity index (χ3v) is 3.74. The summed E-state index contributed by atoms with van der Waals surface area (Å²) in [5.74, 6) is 2.67. The maximum absolute atomic E-state index is 11.6. The maximum Gasteiger partial charge on any atom is 0.235 e. The summed E-state index contributed by atoms with van der Waals surface area (Å²) in [5.41, 5.74) is 6.34. The Bertz CT molecular complexity index is 507. The number of benzene rings is 1. The molecule has 1 aromatic carbocycles. The van der Waals surface area contributed by atoms with E-state index in [1.54, 1.807) is 38.1 Å². The molecule has 0 amide bonds. The second-order valence-corrected chi connectivity index (χ2v) is 5.78. The Morgan fingerprint density at radius 3 is 2.25 bits per heavy atom. The standard InChI is InChI=1S/C11H14N2O2S/c1-9(2)16(14,15)13-11-5-3-10(4-6-11)7-8-12/h3-6,9,13H,12H2,1-2H3. The molecule has 0 spiro atoms. The number of sulfonamides is 1. The van der Waals surface area contributed by atoms with Crippen LogP contribution in [0.3, 0.4) is 0 Å². The molecule has 0 aliphatic heterocycles. The Labute approximate surface area is 95.9 Å². The molecule has 0 saturated carbocycles. The van der Waals surface area contributed by atoms with Gasteiger partial charge in [-0.2, -0.15) is 0 Å². The highest BCUT2D eigenvalue weighted by Crippen LogP contribution is 2.12. The first-order chi connectivity index (χ1) is 7.45. The van der Waals surface area contributed by atoms with Crippen LogP contribution < -0.4 is 10.5 Å². The van der Waals surface area contributed by atoms with Gasteiger partial charge in [0.25, 0.3) is 0 Å². The van der Waals surface area contributed by atoms with Crippen LogP contribution in [0.4, 0.5) is 5.69 Å². The van der Waals surface area contributed by atoms with Crippen molar-refractivity contribution < 1.29 is 8.42 Å². The van der Waals surface area contributed by atoms with E-state index in [2.05, 4.69) is 16.7 Å². The molecule has 0 heterocycles. The molecule has 1 rings (SSSR count). The van der Waals surface area contributed by atoms with Crippen LogP contribution in [0.25, 0.3) is 0 Å². The lowest BCUT2D eigenvalue weighted by atomic mass is 10.2. The predicted octanol–water partition coefficient (Wildman–Crippen LogP) is 1.10. The first kappa shape index (κ1) is 12.4. The van der Waals surface area contributed by atoms with Gasteiger partial charge in [0.2, 0.25) is 10.0 Å². The molecule has 1 aromatic rings. The topological polar surface area (TPSA) is 72.2 Å². The Morgan fingerprint density at radius 2 is 1.81 bits per heavy atom. The first-order valence-corrected chi connectivity index (χ1v) is 6.33. The summed E-state index contributed by atoms with van der Waals surface area (Å²) < 4.78 is 25.6. The van der Waals surface area contributed by atoms with E-state index in [1.165, 1.54) is 0 Å². The van der Waals surface area contributed by atoms with Gasteiger partial charge in [0.1, 0.15) is 0 Å². The fourth-order valence-corrected chi connectivity index (χ4v) is 1.69. The van der Waals surface area contributed by atoms with Crippen molar-refractivity contribution in [3.63, 3.8) is 0 Å². The van der Waals surface area contributed by atoms with Gasteiger partial charge >= 0.3 is 0 Å². The molecule has 0 unspecified atom stereocenters. The van der Waals surface area contributed by atoms with Crippen molar-refractivity contribution >= 4 is 15.7 Å². The Morgan fingerprint density at radius 1 is 1.25 bits per heavy atom. The van der Waals surface area contributed by atoms with Gasteiger partial charge < -0.3 is 5.73 Å². The van der Waals surface area contributed by atoms with Crippen molar-refractivity contribution in [3.8, 4) is 12.0 Å². The highest BCUT2D eigenvalue weighted by molar-refractivity contribution is 7.93. The van der Waals surface area contributed by atoms with Gasteiger partial charge in [-0.25, -0.2) is 8.42 Å². The van der Waals surface area contributed by atoms with Gasteiger partial charge in [-0.15, -0.1) is 0 Å². The molecule has 5 heteroatoms. The van der Waals surface area contributed by atoms with Crippen molar-refractivity contribution in [2.24, 2.45) is 5.73 Å². The molecule has 0 radical (unpaired) electrons. The monoisotopic (exact) mass is 238 g/mol. The van der Waals surface area contributed by atoms with Crippen molar-refractivity contribution in [3.05, 3.63) is 29.8 Å². The molecule has 0 fully saturated rings. The Hall–Kier alpha value is -1.67. The SMILES string of the molecule is CC(C)S(=O)(=O)Nc1ccc(C#CN)cc1. The third-order valence-electron chi connectivity index (χ3n) is 1.98. The van der Waals surface area contributed by atoms with E-state index in [1.807, 2.05) is 0 Å². The molecular weight excluding hydrogens is 224 g/mol. The van der Waals surface area contributed by atoms with Crippen molar-refractivity contribution in [2.45, 2.75) is 19.1 Å². The smallest absolute Gasteiger partial charge is 0.235 e. The molecule has 16 heavy (non-hydrogen) atoms. The summed E-state index contributed by atoms with van der Waals surface area (Å²) >= 11 is 0. The average Bonchev–Trinajstić information content (AvgIpc) is 2.21. The zero-order valence-electron chi connectivity index (χ0n) is 9.19. The van der Waals surface area contributed by atoms with Crippen LogP contribution in [0.1, 0.15) is 19.4 Å². The zero-order valence-corrected chi connectivity index (χ0v) is 10.0. The van der Waals surface area contributed by atoms with Crippen LogP contribution >= 0.6 is 0 Å². The minimum absolute atomic E-state index is 0.462. The normalized spacial score (nSPS) is 10.7. The fraction of sp³-hybridized carbons (Fsp3) is 0.273. The van der Waals surface area contributed by atoms with Crippen LogP contribution in [0.5, 0.6) is 0 Å². The minimum atomic E-state index is -3.29. The van der Waals surface area contributed by atoms with E-state index in [0.717, 1.165) is 5.56 Å². The van der Waals surface area contributed by atoms with Gasteiger partial charge in [-0.3, -0.25) is 4.72 Å². The van der Waals surface area contributed by atoms with Crippen LogP contribution in [0.15, 0.2) is 24.3 Å². The number of nitrogens with one attached hydrogen (secondary N) is 1. The molecule has 0 atom stereocenters. The minimum Gasteiger partial charge on any atom is -0.359 e. The summed E-state index contributed by atoms with van der Waals surface area (Å²) in [7, 11) is -3.29. The van der Waals surface area contributed by atoms with Crippen LogP contribution in [0.2, 0.25) is 0 Å². The number of hydrogen-bond acceptors (Lipinski definition) is 3. The average molecular weight is 238 g/mol.